The summed E-state index contributed by atoms with van der Waals surface area (Å²) in [4.78, 5) is 25.9. The summed E-state index contributed by atoms with van der Waals surface area (Å²) in [5.41, 5.74) is 0.602. The van der Waals surface area contributed by atoms with Gasteiger partial charge in [0.15, 0.2) is 11.5 Å². The first kappa shape index (κ1) is 17.7. The van der Waals surface area contributed by atoms with Gasteiger partial charge < -0.3 is 9.47 Å². The highest BCUT2D eigenvalue weighted by Crippen LogP contribution is 2.37. The highest BCUT2D eigenvalue weighted by Gasteiger charge is 2.34. The fourth-order valence-corrected chi connectivity index (χ4v) is 3.19. The third-order valence-electron chi connectivity index (χ3n) is 3.40. The van der Waals surface area contributed by atoms with E-state index in [1.165, 1.54) is 19.1 Å². The Balaban J connectivity index is 2.32. The number of methoxy groups -OCH3 is 2. The van der Waals surface area contributed by atoms with E-state index in [1.807, 2.05) is 6.92 Å². The molecule has 0 bridgehead atoms. The minimum Gasteiger partial charge on any atom is -0.493 e. The Bertz CT molecular complexity index is 660. The van der Waals surface area contributed by atoms with Crippen molar-refractivity contribution in [3.8, 4) is 11.5 Å². The monoisotopic (exact) mass is 355 g/mol. The number of nitrogens with zero attached hydrogens (tertiary/aromatic N) is 1. The summed E-state index contributed by atoms with van der Waals surface area (Å²) in [5.74, 6) is 0.735. The number of rotatable bonds is 6. The third-order valence-corrected chi connectivity index (χ3v) is 4.63. The molecule has 0 spiro atoms. The molecule has 1 aliphatic rings. The number of halogens is 1. The Morgan fingerprint density at radius 2 is 1.87 bits per heavy atom. The van der Waals surface area contributed by atoms with Crippen molar-refractivity contribution in [1.29, 1.82) is 0 Å². The second-order valence-corrected chi connectivity index (χ2v) is 6.32. The molecular weight excluding hydrogens is 338 g/mol. The summed E-state index contributed by atoms with van der Waals surface area (Å²) in [6, 6.07) is 3.30. The van der Waals surface area contributed by atoms with Crippen molar-refractivity contribution in [1.82, 2.24) is 4.90 Å². The summed E-state index contributed by atoms with van der Waals surface area (Å²) in [5, 5.41) is 0.175. The molecule has 1 aromatic rings. The predicted molar refractivity (Wildman–Crippen MR) is 92.1 cm³/mol. The van der Waals surface area contributed by atoms with Crippen LogP contribution in [0, 0.1) is 0 Å². The van der Waals surface area contributed by atoms with Gasteiger partial charge in [0.05, 0.1) is 24.1 Å². The van der Waals surface area contributed by atoms with Gasteiger partial charge in [0.25, 0.3) is 11.1 Å². The molecule has 23 heavy (non-hydrogen) atoms. The van der Waals surface area contributed by atoms with Crippen LogP contribution in [0.15, 0.2) is 17.0 Å². The zero-order valence-corrected chi connectivity index (χ0v) is 14.8. The van der Waals surface area contributed by atoms with Gasteiger partial charge in [0.2, 0.25) is 0 Å². The number of thioether (sulfide) groups is 1. The molecule has 0 unspecified atom stereocenters. The molecule has 1 saturated heterocycles. The molecule has 1 heterocycles. The Morgan fingerprint density at radius 3 is 2.48 bits per heavy atom. The maximum Gasteiger partial charge on any atom is 0.293 e. The molecule has 0 saturated carbocycles. The molecule has 2 amide bonds. The van der Waals surface area contributed by atoms with Crippen molar-refractivity contribution in [2.75, 3.05) is 20.8 Å². The minimum atomic E-state index is -0.278. The van der Waals surface area contributed by atoms with Crippen LogP contribution in [0.3, 0.4) is 0 Å². The Morgan fingerprint density at radius 1 is 1.22 bits per heavy atom. The Kier molecular flexibility index (Phi) is 5.96. The van der Waals surface area contributed by atoms with Crippen LogP contribution >= 0.6 is 23.4 Å². The summed E-state index contributed by atoms with van der Waals surface area (Å²) >= 11 is 7.15. The molecule has 5 nitrogen and oxygen atoms in total. The van der Waals surface area contributed by atoms with E-state index < -0.39 is 0 Å². The minimum absolute atomic E-state index is 0.244. The average Bonchev–Trinajstić information content (AvgIpc) is 2.80. The van der Waals surface area contributed by atoms with Crippen LogP contribution in [-0.2, 0) is 4.79 Å². The summed E-state index contributed by atoms with van der Waals surface area (Å²) in [6.07, 6.45) is 3.33. The fraction of sp³-hybridized carbons (Fsp3) is 0.375. The van der Waals surface area contributed by atoms with E-state index in [0.29, 0.717) is 33.5 Å². The van der Waals surface area contributed by atoms with E-state index in [4.69, 9.17) is 21.1 Å². The molecule has 0 radical (unpaired) electrons. The smallest absolute Gasteiger partial charge is 0.293 e. The molecule has 0 aliphatic carbocycles. The molecule has 0 atom stereocenters. The third kappa shape index (κ3) is 3.82. The number of carbonyl (C=O) groups is 2. The van der Waals surface area contributed by atoms with Gasteiger partial charge >= 0.3 is 0 Å². The standard InChI is InChI=1S/C16H18ClNO4S/c1-4-5-6-18-15(19)14(23-16(18)20)8-10-7-12(21-2)13(22-3)9-11(10)17/h7-9H,4-6H2,1-3H3/b14-8-. The lowest BCUT2D eigenvalue weighted by molar-refractivity contribution is -0.122. The first-order valence-electron chi connectivity index (χ1n) is 7.18. The van der Waals surface area contributed by atoms with Gasteiger partial charge in [-0.3, -0.25) is 14.5 Å². The number of carbonyl (C=O) groups excluding carboxylic acids is 2. The van der Waals surface area contributed by atoms with E-state index in [2.05, 4.69) is 0 Å². The van der Waals surface area contributed by atoms with Gasteiger partial charge in [-0.2, -0.15) is 0 Å². The van der Waals surface area contributed by atoms with E-state index in [0.717, 1.165) is 24.6 Å². The number of hydrogen-bond donors (Lipinski definition) is 0. The second-order valence-electron chi connectivity index (χ2n) is 4.92. The van der Waals surface area contributed by atoms with Crippen LogP contribution in [0.5, 0.6) is 11.5 Å². The van der Waals surface area contributed by atoms with Crippen molar-refractivity contribution in [2.24, 2.45) is 0 Å². The van der Waals surface area contributed by atoms with Crippen molar-refractivity contribution in [2.45, 2.75) is 19.8 Å². The molecule has 1 aromatic carbocycles. The van der Waals surface area contributed by atoms with Crippen LogP contribution in [0.25, 0.3) is 6.08 Å². The van der Waals surface area contributed by atoms with Crippen LogP contribution in [0.4, 0.5) is 4.79 Å². The van der Waals surface area contributed by atoms with E-state index in [1.54, 1.807) is 18.2 Å². The fourth-order valence-electron chi connectivity index (χ4n) is 2.13. The van der Waals surface area contributed by atoms with Crippen LogP contribution < -0.4 is 9.47 Å². The molecule has 0 aromatic heterocycles. The van der Waals surface area contributed by atoms with Crippen molar-refractivity contribution < 1.29 is 19.1 Å². The number of amides is 2. The van der Waals surface area contributed by atoms with Crippen molar-refractivity contribution in [3.05, 3.63) is 27.6 Å². The van der Waals surface area contributed by atoms with Gasteiger partial charge in [0, 0.05) is 12.6 Å². The SMILES string of the molecule is CCCCN1C(=O)S/C(=C\c2cc(OC)c(OC)cc2Cl)C1=O. The van der Waals surface area contributed by atoms with Crippen molar-refractivity contribution in [3.63, 3.8) is 0 Å². The van der Waals surface area contributed by atoms with Gasteiger partial charge in [-0.15, -0.1) is 0 Å². The molecule has 1 aliphatic heterocycles. The number of hydrogen-bond acceptors (Lipinski definition) is 5. The number of ether oxygens (including phenoxy) is 2. The average molecular weight is 356 g/mol. The van der Waals surface area contributed by atoms with Gasteiger partial charge in [-0.1, -0.05) is 24.9 Å². The molecule has 1 fully saturated rings. The highest BCUT2D eigenvalue weighted by atomic mass is 35.5. The van der Waals surface area contributed by atoms with E-state index >= 15 is 0 Å². The first-order chi connectivity index (χ1) is 11.0. The second kappa shape index (κ2) is 7.75. The predicted octanol–water partition coefficient (Wildman–Crippen LogP) is 4.19. The molecular formula is C16H18ClNO4S. The quantitative estimate of drug-likeness (QED) is 0.716. The lowest BCUT2D eigenvalue weighted by Crippen LogP contribution is -2.29. The highest BCUT2D eigenvalue weighted by molar-refractivity contribution is 8.18. The molecule has 124 valence electrons. The van der Waals surface area contributed by atoms with Crippen LogP contribution in [-0.4, -0.2) is 36.8 Å². The van der Waals surface area contributed by atoms with Crippen LogP contribution in [0.1, 0.15) is 25.3 Å². The van der Waals surface area contributed by atoms with Gasteiger partial charge in [-0.25, -0.2) is 0 Å². The number of imide groups is 1. The molecule has 7 heteroatoms. The zero-order valence-electron chi connectivity index (χ0n) is 13.2. The van der Waals surface area contributed by atoms with Crippen LogP contribution in [0.2, 0.25) is 5.02 Å². The summed E-state index contributed by atoms with van der Waals surface area (Å²) in [7, 11) is 3.04. The Labute approximate surface area is 144 Å². The topological polar surface area (TPSA) is 55.8 Å². The van der Waals surface area contributed by atoms with E-state index in [9.17, 15) is 9.59 Å². The maximum absolute atomic E-state index is 12.3. The number of unbranched alkanes of at least 4 members (excludes halogenated alkanes) is 1. The molecule has 2 rings (SSSR count). The normalized spacial score (nSPS) is 16.3. The molecule has 0 N–H and O–H groups in total. The first-order valence-corrected chi connectivity index (χ1v) is 8.38. The Hall–Kier alpha value is -1.66. The number of benzene rings is 1. The van der Waals surface area contributed by atoms with Crippen molar-refractivity contribution >= 4 is 40.6 Å². The lowest BCUT2D eigenvalue weighted by Gasteiger charge is -2.11. The van der Waals surface area contributed by atoms with E-state index in [-0.39, 0.29) is 11.1 Å². The van der Waals surface area contributed by atoms with Gasteiger partial charge in [-0.05, 0) is 35.9 Å². The largest absolute Gasteiger partial charge is 0.493 e. The van der Waals surface area contributed by atoms with Gasteiger partial charge in [0.1, 0.15) is 0 Å². The zero-order chi connectivity index (χ0) is 17.0. The lowest BCUT2D eigenvalue weighted by atomic mass is 10.1. The summed E-state index contributed by atoms with van der Waals surface area (Å²) < 4.78 is 10.4. The summed E-state index contributed by atoms with van der Waals surface area (Å²) in [6.45, 7) is 2.45. The maximum atomic E-state index is 12.3.